The Bertz CT molecular complexity index is 502. The fraction of sp³-hybridized carbons (Fsp3) is 0.571. The zero-order valence-electron chi connectivity index (χ0n) is 11.5. The van der Waals surface area contributed by atoms with Crippen molar-refractivity contribution < 1.29 is 9.53 Å². The summed E-state index contributed by atoms with van der Waals surface area (Å²) in [7, 11) is 3.36. The van der Waals surface area contributed by atoms with E-state index in [0.29, 0.717) is 19.0 Å². The zero-order chi connectivity index (χ0) is 13.8. The van der Waals surface area contributed by atoms with Crippen LogP contribution >= 0.6 is 0 Å². The molecule has 0 unspecified atom stereocenters. The monoisotopic (exact) mass is 264 g/mol. The van der Waals surface area contributed by atoms with Crippen LogP contribution in [-0.2, 0) is 11.8 Å². The summed E-state index contributed by atoms with van der Waals surface area (Å²) < 4.78 is 6.58. The maximum Gasteiger partial charge on any atom is 0.263 e. The average Bonchev–Trinajstić information content (AvgIpc) is 2.42. The number of carbonyl (C=O) groups excluding carboxylic acids is 1. The first-order valence-electron chi connectivity index (χ1n) is 6.57. The Kier molecular flexibility index (Phi) is 4.37. The van der Waals surface area contributed by atoms with Crippen LogP contribution in [0.2, 0.25) is 0 Å². The second-order valence-electron chi connectivity index (χ2n) is 5.03. The summed E-state index contributed by atoms with van der Waals surface area (Å²) in [6, 6.07) is 3.33. The Morgan fingerprint density at radius 2 is 2.11 bits per heavy atom. The van der Waals surface area contributed by atoms with Crippen LogP contribution in [0.5, 0.6) is 0 Å². The average molecular weight is 264 g/mol. The molecule has 1 aromatic rings. The van der Waals surface area contributed by atoms with Gasteiger partial charge in [-0.05, 0) is 30.9 Å². The zero-order valence-corrected chi connectivity index (χ0v) is 11.5. The number of aryl methyl sites for hydroxylation is 1. The molecule has 0 N–H and O–H groups in total. The molecule has 1 fully saturated rings. The highest BCUT2D eigenvalue weighted by atomic mass is 16.5. The molecule has 2 rings (SSSR count). The van der Waals surface area contributed by atoms with Crippen LogP contribution in [0, 0.1) is 5.92 Å². The van der Waals surface area contributed by atoms with Crippen molar-refractivity contribution in [2.45, 2.75) is 12.8 Å². The number of ether oxygens (including phenoxy) is 1. The summed E-state index contributed by atoms with van der Waals surface area (Å²) in [6.45, 7) is 2.14. The minimum absolute atomic E-state index is 0.155. The van der Waals surface area contributed by atoms with Crippen LogP contribution in [0.3, 0.4) is 0 Å². The second-order valence-corrected chi connectivity index (χ2v) is 5.03. The SMILES string of the molecule is COCC1CCN(C(=O)c2cccn(C)c2=O)CC1. The fourth-order valence-corrected chi connectivity index (χ4v) is 2.47. The van der Waals surface area contributed by atoms with E-state index in [1.807, 2.05) is 0 Å². The van der Waals surface area contributed by atoms with Crippen LogP contribution in [0.25, 0.3) is 0 Å². The predicted molar refractivity (Wildman–Crippen MR) is 72.2 cm³/mol. The number of carbonyl (C=O) groups is 1. The molecule has 5 heteroatoms. The topological polar surface area (TPSA) is 51.5 Å². The van der Waals surface area contributed by atoms with Crippen LogP contribution in [0.1, 0.15) is 23.2 Å². The molecule has 1 aromatic heterocycles. The lowest BCUT2D eigenvalue weighted by atomic mass is 9.97. The Morgan fingerprint density at radius 1 is 1.42 bits per heavy atom. The van der Waals surface area contributed by atoms with Crippen LogP contribution in [-0.4, -0.2) is 42.2 Å². The Morgan fingerprint density at radius 3 is 2.74 bits per heavy atom. The summed E-state index contributed by atoms with van der Waals surface area (Å²) in [5.74, 6) is 0.365. The molecule has 1 saturated heterocycles. The highest BCUT2D eigenvalue weighted by molar-refractivity contribution is 5.93. The lowest BCUT2D eigenvalue weighted by Gasteiger charge is -2.31. The maximum atomic E-state index is 12.3. The van der Waals surface area contributed by atoms with Gasteiger partial charge in [0, 0.05) is 40.1 Å². The molecule has 1 amide bonds. The van der Waals surface area contributed by atoms with Gasteiger partial charge in [0.25, 0.3) is 11.5 Å². The standard InChI is InChI=1S/C14H20N2O3/c1-15-7-3-4-12(13(15)17)14(18)16-8-5-11(6-9-16)10-19-2/h3-4,7,11H,5-6,8-10H2,1-2H3. The Balaban J connectivity index is 2.06. The lowest BCUT2D eigenvalue weighted by Crippen LogP contribution is -2.41. The van der Waals surface area contributed by atoms with Crippen molar-refractivity contribution in [2.75, 3.05) is 26.8 Å². The second kappa shape index (κ2) is 6.02. The van der Waals surface area contributed by atoms with Gasteiger partial charge in [-0.2, -0.15) is 0 Å². The molecule has 2 heterocycles. The summed E-state index contributed by atoms with van der Waals surface area (Å²) in [4.78, 5) is 26.0. The number of amides is 1. The van der Waals surface area contributed by atoms with Crippen molar-refractivity contribution in [2.24, 2.45) is 13.0 Å². The van der Waals surface area contributed by atoms with E-state index in [1.54, 1.807) is 37.4 Å². The van der Waals surface area contributed by atoms with Crippen LogP contribution in [0.4, 0.5) is 0 Å². The van der Waals surface area contributed by atoms with Gasteiger partial charge in [-0.1, -0.05) is 0 Å². The number of pyridine rings is 1. The van der Waals surface area contributed by atoms with E-state index in [1.165, 1.54) is 4.57 Å². The van der Waals surface area contributed by atoms with Gasteiger partial charge < -0.3 is 14.2 Å². The third-order valence-electron chi connectivity index (χ3n) is 3.66. The molecule has 0 aromatic carbocycles. The van der Waals surface area contributed by atoms with E-state index < -0.39 is 0 Å². The molecule has 0 radical (unpaired) electrons. The highest BCUT2D eigenvalue weighted by Gasteiger charge is 2.25. The lowest BCUT2D eigenvalue weighted by molar-refractivity contribution is 0.0611. The molecule has 1 aliphatic rings. The van der Waals surface area contributed by atoms with E-state index in [4.69, 9.17) is 4.74 Å². The minimum Gasteiger partial charge on any atom is -0.384 e. The first-order chi connectivity index (χ1) is 9.13. The Labute approximate surface area is 112 Å². The smallest absolute Gasteiger partial charge is 0.263 e. The van der Waals surface area contributed by atoms with Gasteiger partial charge in [0.05, 0.1) is 0 Å². The van der Waals surface area contributed by atoms with Crippen molar-refractivity contribution in [3.8, 4) is 0 Å². The normalized spacial score (nSPS) is 16.6. The molecule has 0 spiro atoms. The first-order valence-corrected chi connectivity index (χ1v) is 6.57. The van der Waals surface area contributed by atoms with Gasteiger partial charge in [0.1, 0.15) is 5.56 Å². The molecule has 104 valence electrons. The molecule has 0 atom stereocenters. The fourth-order valence-electron chi connectivity index (χ4n) is 2.47. The summed E-state index contributed by atoms with van der Waals surface area (Å²) in [5, 5.41) is 0. The number of aromatic nitrogens is 1. The highest BCUT2D eigenvalue weighted by Crippen LogP contribution is 2.18. The third-order valence-corrected chi connectivity index (χ3v) is 3.66. The van der Waals surface area contributed by atoms with Crippen molar-refractivity contribution in [3.63, 3.8) is 0 Å². The van der Waals surface area contributed by atoms with E-state index in [9.17, 15) is 9.59 Å². The minimum atomic E-state index is -0.230. The van der Waals surface area contributed by atoms with Gasteiger partial charge in [0.2, 0.25) is 0 Å². The first kappa shape index (κ1) is 13.8. The van der Waals surface area contributed by atoms with Gasteiger partial charge in [-0.15, -0.1) is 0 Å². The summed E-state index contributed by atoms with van der Waals surface area (Å²) in [6.07, 6.45) is 3.53. The van der Waals surface area contributed by atoms with Crippen LogP contribution < -0.4 is 5.56 Å². The molecule has 5 nitrogen and oxygen atoms in total. The van der Waals surface area contributed by atoms with E-state index in [2.05, 4.69) is 0 Å². The molecular formula is C14H20N2O3. The van der Waals surface area contributed by atoms with E-state index in [-0.39, 0.29) is 17.0 Å². The van der Waals surface area contributed by atoms with Crippen molar-refractivity contribution >= 4 is 5.91 Å². The summed E-state index contributed by atoms with van der Waals surface area (Å²) >= 11 is 0. The van der Waals surface area contributed by atoms with Gasteiger partial charge >= 0.3 is 0 Å². The van der Waals surface area contributed by atoms with Gasteiger partial charge in [-0.3, -0.25) is 9.59 Å². The Hall–Kier alpha value is -1.62. The number of piperidine rings is 1. The number of methoxy groups -OCH3 is 1. The molecule has 0 saturated carbocycles. The molecule has 1 aliphatic heterocycles. The number of likely N-dealkylation sites (tertiary alicyclic amines) is 1. The van der Waals surface area contributed by atoms with Gasteiger partial charge in [0.15, 0.2) is 0 Å². The summed E-state index contributed by atoms with van der Waals surface area (Å²) in [5.41, 5.74) is 0.0294. The van der Waals surface area contributed by atoms with E-state index in [0.717, 1.165) is 19.4 Å². The van der Waals surface area contributed by atoms with Crippen LogP contribution in [0.15, 0.2) is 23.1 Å². The molecular weight excluding hydrogens is 244 g/mol. The number of rotatable bonds is 3. The molecule has 0 aliphatic carbocycles. The van der Waals surface area contributed by atoms with Gasteiger partial charge in [-0.25, -0.2) is 0 Å². The molecule has 0 bridgehead atoms. The molecule has 19 heavy (non-hydrogen) atoms. The van der Waals surface area contributed by atoms with Crippen molar-refractivity contribution in [1.29, 1.82) is 0 Å². The van der Waals surface area contributed by atoms with Crippen molar-refractivity contribution in [3.05, 3.63) is 34.2 Å². The largest absolute Gasteiger partial charge is 0.384 e. The number of nitrogens with zero attached hydrogens (tertiary/aromatic N) is 2. The number of hydrogen-bond donors (Lipinski definition) is 0. The number of hydrogen-bond acceptors (Lipinski definition) is 3. The predicted octanol–water partition coefficient (Wildman–Crippen LogP) is 0.884. The quantitative estimate of drug-likeness (QED) is 0.814. The van der Waals surface area contributed by atoms with E-state index >= 15 is 0 Å². The third kappa shape index (κ3) is 3.04. The maximum absolute atomic E-state index is 12.3. The van der Waals surface area contributed by atoms with Crippen molar-refractivity contribution in [1.82, 2.24) is 9.47 Å².